The fraction of sp³-hybridized carbons (Fsp3) is 0.200. The highest BCUT2D eigenvalue weighted by atomic mass is 35.5. The van der Waals surface area contributed by atoms with Gasteiger partial charge in [0.15, 0.2) is 9.84 Å². The van der Waals surface area contributed by atoms with E-state index in [1.165, 1.54) is 12.1 Å². The van der Waals surface area contributed by atoms with Crippen molar-refractivity contribution >= 4 is 32.6 Å². The molecule has 0 heterocycles. The number of sulfone groups is 1. The number of halogens is 1. The summed E-state index contributed by atoms with van der Waals surface area (Å²) in [7, 11) is -2.32. The number of benzene rings is 1. The molecule has 0 atom stereocenters. The van der Waals surface area contributed by atoms with Crippen LogP contribution in [0.5, 0.6) is 0 Å². The van der Waals surface area contributed by atoms with Gasteiger partial charge in [0, 0.05) is 11.8 Å². The molecule has 0 aliphatic carbocycles. The second-order valence-corrected chi connectivity index (χ2v) is 5.60. The van der Waals surface area contributed by atoms with Crippen molar-refractivity contribution in [1.82, 2.24) is 0 Å². The Morgan fingerprint density at radius 2 is 1.82 bits per heavy atom. The maximum absolute atomic E-state index is 11.3. The summed E-state index contributed by atoms with van der Waals surface area (Å²) in [5.74, 6) is -0.756. The van der Waals surface area contributed by atoms with Crippen molar-refractivity contribution in [2.45, 2.75) is 4.90 Å². The number of rotatable bonds is 3. The van der Waals surface area contributed by atoms with Gasteiger partial charge in [0.25, 0.3) is 5.24 Å². The number of methoxy groups -OCH3 is 1. The average Bonchev–Trinajstić information content (AvgIpc) is 2.25. The van der Waals surface area contributed by atoms with Crippen LogP contribution in [-0.2, 0) is 14.6 Å². The monoisotopic (exact) mass is 276 g/mol. The Morgan fingerprint density at radius 1 is 1.24 bits per heavy atom. The lowest BCUT2D eigenvalue weighted by Gasteiger charge is -2.06. The van der Waals surface area contributed by atoms with E-state index >= 15 is 0 Å². The molecular weight excluding hydrogens is 268 g/mol. The molecule has 17 heavy (non-hydrogen) atoms. The van der Waals surface area contributed by atoms with E-state index in [1.54, 1.807) is 0 Å². The predicted octanol–water partition coefficient (Wildman–Crippen LogP) is 1.26. The molecule has 0 aliphatic rings. The Kier molecular flexibility index (Phi) is 3.90. The summed E-state index contributed by atoms with van der Waals surface area (Å²) in [6.45, 7) is 0. The number of hydrogen-bond acceptors (Lipinski definition) is 5. The minimum absolute atomic E-state index is 0.0695. The van der Waals surface area contributed by atoms with Gasteiger partial charge in [0.05, 0.1) is 17.6 Å². The molecule has 0 saturated heterocycles. The van der Waals surface area contributed by atoms with Crippen molar-refractivity contribution in [3.8, 4) is 0 Å². The van der Waals surface area contributed by atoms with Crippen molar-refractivity contribution in [2.75, 3.05) is 13.4 Å². The number of carbonyl (C=O) groups excluding carboxylic acids is 2. The molecule has 1 aromatic carbocycles. The van der Waals surface area contributed by atoms with Crippen molar-refractivity contribution in [3.05, 3.63) is 29.3 Å². The van der Waals surface area contributed by atoms with Crippen molar-refractivity contribution in [1.29, 1.82) is 0 Å². The molecule has 0 amide bonds. The quantitative estimate of drug-likeness (QED) is 0.613. The first-order valence-corrected chi connectivity index (χ1v) is 6.66. The SMILES string of the molecule is COC(=O)c1ccc(S(C)(=O)=O)cc1C(=O)Cl. The van der Waals surface area contributed by atoms with Crippen LogP contribution in [0.25, 0.3) is 0 Å². The largest absolute Gasteiger partial charge is 0.465 e. The Balaban J connectivity index is 3.48. The maximum atomic E-state index is 11.3. The van der Waals surface area contributed by atoms with Gasteiger partial charge in [0.1, 0.15) is 0 Å². The first-order chi connectivity index (χ1) is 7.77. The molecule has 0 bridgehead atoms. The number of hydrogen-bond donors (Lipinski definition) is 0. The van der Waals surface area contributed by atoms with Crippen LogP contribution in [-0.4, -0.2) is 33.0 Å². The summed E-state index contributed by atoms with van der Waals surface area (Å²) in [4.78, 5) is 22.4. The van der Waals surface area contributed by atoms with E-state index in [4.69, 9.17) is 11.6 Å². The first kappa shape index (κ1) is 13.7. The smallest absolute Gasteiger partial charge is 0.338 e. The molecule has 92 valence electrons. The lowest BCUT2D eigenvalue weighted by Crippen LogP contribution is -2.09. The standard InChI is InChI=1S/C10H9ClO5S/c1-16-10(13)7-4-3-6(17(2,14)15)5-8(7)9(11)12/h3-5H,1-2H3. The van der Waals surface area contributed by atoms with Crippen molar-refractivity contribution in [3.63, 3.8) is 0 Å². The highest BCUT2D eigenvalue weighted by molar-refractivity contribution is 7.90. The van der Waals surface area contributed by atoms with Crippen LogP contribution in [0.3, 0.4) is 0 Å². The third-order valence-electron chi connectivity index (χ3n) is 2.04. The molecule has 0 aliphatic heterocycles. The fourth-order valence-corrected chi connectivity index (χ4v) is 2.01. The van der Waals surface area contributed by atoms with Crippen LogP contribution in [0.1, 0.15) is 20.7 Å². The Morgan fingerprint density at radius 3 is 2.24 bits per heavy atom. The number of ether oxygens (including phenoxy) is 1. The molecule has 0 N–H and O–H groups in total. The van der Waals surface area contributed by atoms with E-state index in [1.807, 2.05) is 0 Å². The molecule has 0 fully saturated rings. The molecule has 0 radical (unpaired) electrons. The van der Waals surface area contributed by atoms with Crippen molar-refractivity contribution < 1.29 is 22.7 Å². The lowest BCUT2D eigenvalue weighted by atomic mass is 10.1. The van der Waals surface area contributed by atoms with E-state index in [9.17, 15) is 18.0 Å². The van der Waals surface area contributed by atoms with Gasteiger partial charge in [-0.1, -0.05) is 0 Å². The molecule has 7 heteroatoms. The first-order valence-electron chi connectivity index (χ1n) is 4.39. The third kappa shape index (κ3) is 3.04. The van der Waals surface area contributed by atoms with Gasteiger partial charge < -0.3 is 4.74 Å². The molecule has 0 aromatic heterocycles. The maximum Gasteiger partial charge on any atom is 0.338 e. The Labute approximate surface area is 103 Å². The van der Waals surface area contributed by atoms with E-state index < -0.39 is 21.0 Å². The molecule has 0 saturated carbocycles. The van der Waals surface area contributed by atoms with Crippen LogP contribution in [0.4, 0.5) is 0 Å². The molecule has 1 aromatic rings. The summed E-state index contributed by atoms with van der Waals surface area (Å²) in [5.41, 5.74) is -0.263. The topological polar surface area (TPSA) is 77.5 Å². The lowest BCUT2D eigenvalue weighted by molar-refractivity contribution is 0.0598. The van der Waals surface area contributed by atoms with Gasteiger partial charge in [-0.05, 0) is 29.8 Å². The van der Waals surface area contributed by atoms with Crippen LogP contribution < -0.4 is 0 Å². The van der Waals surface area contributed by atoms with Gasteiger partial charge >= 0.3 is 5.97 Å². The minimum Gasteiger partial charge on any atom is -0.465 e. The number of esters is 1. The normalized spacial score (nSPS) is 11.0. The van der Waals surface area contributed by atoms with Gasteiger partial charge in [-0.15, -0.1) is 0 Å². The Bertz CT molecular complexity index is 576. The summed E-state index contributed by atoms with van der Waals surface area (Å²) < 4.78 is 27.0. The van der Waals surface area contributed by atoms with Gasteiger partial charge in [-0.2, -0.15) is 0 Å². The van der Waals surface area contributed by atoms with Gasteiger partial charge in [0.2, 0.25) is 0 Å². The van der Waals surface area contributed by atoms with E-state index in [2.05, 4.69) is 4.74 Å². The minimum atomic E-state index is -3.47. The summed E-state index contributed by atoms with van der Waals surface area (Å²) in [5, 5.41) is -0.920. The zero-order valence-electron chi connectivity index (χ0n) is 9.06. The molecule has 0 spiro atoms. The predicted molar refractivity (Wildman–Crippen MR) is 61.1 cm³/mol. The zero-order chi connectivity index (χ0) is 13.2. The van der Waals surface area contributed by atoms with Crippen LogP contribution >= 0.6 is 11.6 Å². The molecular formula is C10H9ClO5S. The van der Waals surface area contributed by atoms with Crippen molar-refractivity contribution in [2.24, 2.45) is 0 Å². The summed E-state index contributed by atoms with van der Waals surface area (Å²) >= 11 is 5.29. The highest BCUT2D eigenvalue weighted by Crippen LogP contribution is 2.18. The Hall–Kier alpha value is -1.40. The summed E-state index contributed by atoms with van der Waals surface area (Å²) in [6.07, 6.45) is 0.989. The van der Waals surface area contributed by atoms with E-state index in [0.29, 0.717) is 0 Å². The fourth-order valence-electron chi connectivity index (χ4n) is 1.20. The molecule has 5 nitrogen and oxygen atoms in total. The van der Waals surface area contributed by atoms with Crippen LogP contribution in [0.15, 0.2) is 23.1 Å². The van der Waals surface area contributed by atoms with Crippen LogP contribution in [0, 0.1) is 0 Å². The highest BCUT2D eigenvalue weighted by Gasteiger charge is 2.19. The molecule has 0 unspecified atom stereocenters. The van der Waals surface area contributed by atoms with E-state index in [-0.39, 0.29) is 16.0 Å². The molecule has 1 rings (SSSR count). The van der Waals surface area contributed by atoms with Gasteiger partial charge in [-0.25, -0.2) is 13.2 Å². The second kappa shape index (κ2) is 4.85. The summed E-state index contributed by atoms with van der Waals surface area (Å²) in [6, 6.07) is 3.46. The van der Waals surface area contributed by atoms with Gasteiger partial charge in [-0.3, -0.25) is 4.79 Å². The van der Waals surface area contributed by atoms with Crippen LogP contribution in [0.2, 0.25) is 0 Å². The zero-order valence-corrected chi connectivity index (χ0v) is 10.6. The number of carbonyl (C=O) groups is 2. The third-order valence-corrected chi connectivity index (χ3v) is 3.35. The van der Waals surface area contributed by atoms with E-state index in [0.717, 1.165) is 19.4 Å². The average molecular weight is 277 g/mol. The second-order valence-electron chi connectivity index (χ2n) is 3.24.